The summed E-state index contributed by atoms with van der Waals surface area (Å²) in [6.07, 6.45) is 27.6. The second kappa shape index (κ2) is 19.6. The van der Waals surface area contributed by atoms with Crippen molar-refractivity contribution in [2.45, 2.75) is 135 Å². The van der Waals surface area contributed by atoms with Crippen LogP contribution in [0, 0.1) is 0 Å². The normalized spacial score (nSPS) is 18.5. The predicted octanol–water partition coefficient (Wildman–Crippen LogP) is 7.52. The number of carbonyl (C=O) groups excluding carboxylic acids is 1. The summed E-state index contributed by atoms with van der Waals surface area (Å²) in [7, 11) is 0. The summed E-state index contributed by atoms with van der Waals surface area (Å²) in [6.45, 7) is 3.07. The second-order valence-electron chi connectivity index (χ2n) is 8.33. The van der Waals surface area contributed by atoms with Crippen molar-refractivity contribution in [1.29, 1.82) is 0 Å². The molecule has 3 nitrogen and oxygen atoms in total. The molecule has 2 atom stereocenters. The van der Waals surface area contributed by atoms with Crippen molar-refractivity contribution >= 4 is 6.29 Å². The van der Waals surface area contributed by atoms with Crippen LogP contribution in [0.4, 0.5) is 0 Å². The number of allylic oxidation sites excluding steroid dienone is 2. The molecule has 1 rings (SSSR count). The van der Waals surface area contributed by atoms with E-state index in [1.54, 1.807) is 0 Å². The maximum Gasteiger partial charge on any atom is 0.157 e. The number of unbranched alkanes of at least 4 members (excludes halogenated alkanes) is 11. The van der Waals surface area contributed by atoms with Gasteiger partial charge in [-0.1, -0.05) is 76.9 Å². The summed E-state index contributed by atoms with van der Waals surface area (Å²) >= 11 is 0. The molecule has 0 aromatic heterocycles. The number of hydrogen-bond acceptors (Lipinski definition) is 3. The number of rotatable bonds is 19. The van der Waals surface area contributed by atoms with Gasteiger partial charge in [0.05, 0.1) is 6.10 Å². The van der Waals surface area contributed by atoms with E-state index in [2.05, 4.69) is 19.1 Å². The van der Waals surface area contributed by atoms with Gasteiger partial charge >= 0.3 is 0 Å². The average molecular weight is 395 g/mol. The van der Waals surface area contributed by atoms with Crippen molar-refractivity contribution in [3.8, 4) is 0 Å². The molecule has 1 heterocycles. The molecule has 1 fully saturated rings. The van der Waals surface area contributed by atoms with E-state index in [-0.39, 0.29) is 12.4 Å². The van der Waals surface area contributed by atoms with Crippen molar-refractivity contribution in [3.05, 3.63) is 12.2 Å². The molecule has 1 aliphatic rings. The van der Waals surface area contributed by atoms with Crippen molar-refractivity contribution in [1.82, 2.24) is 0 Å². The molecule has 0 amide bonds. The topological polar surface area (TPSA) is 35.5 Å². The third-order valence-electron chi connectivity index (χ3n) is 5.63. The molecular formula is C25H46O3. The zero-order valence-corrected chi connectivity index (χ0v) is 18.5. The minimum Gasteiger partial charge on any atom is -0.353 e. The van der Waals surface area contributed by atoms with E-state index in [0.29, 0.717) is 6.42 Å². The molecule has 0 bridgehead atoms. The van der Waals surface area contributed by atoms with Crippen LogP contribution in [0.1, 0.15) is 122 Å². The summed E-state index contributed by atoms with van der Waals surface area (Å²) < 4.78 is 11.6. The Morgan fingerprint density at radius 3 is 2.14 bits per heavy atom. The van der Waals surface area contributed by atoms with E-state index in [4.69, 9.17) is 9.47 Å². The van der Waals surface area contributed by atoms with Gasteiger partial charge in [-0.15, -0.1) is 0 Å². The van der Waals surface area contributed by atoms with E-state index in [1.165, 1.54) is 83.5 Å². The Balaban J connectivity index is 1.89. The van der Waals surface area contributed by atoms with Gasteiger partial charge in [-0.2, -0.15) is 0 Å². The minimum atomic E-state index is -0.0816. The zero-order valence-electron chi connectivity index (χ0n) is 18.5. The van der Waals surface area contributed by atoms with Crippen molar-refractivity contribution in [2.24, 2.45) is 0 Å². The van der Waals surface area contributed by atoms with Gasteiger partial charge in [0, 0.05) is 13.0 Å². The summed E-state index contributed by atoms with van der Waals surface area (Å²) in [5.41, 5.74) is 0. The molecule has 0 aliphatic carbocycles. The smallest absolute Gasteiger partial charge is 0.157 e. The summed E-state index contributed by atoms with van der Waals surface area (Å²) in [5.74, 6) is 0. The van der Waals surface area contributed by atoms with Crippen LogP contribution < -0.4 is 0 Å². The van der Waals surface area contributed by atoms with Crippen LogP contribution in [0.15, 0.2) is 12.2 Å². The first-order valence-electron chi connectivity index (χ1n) is 12.2. The molecule has 0 radical (unpaired) electrons. The molecule has 0 N–H and O–H groups in total. The maximum absolute atomic E-state index is 10.9. The van der Waals surface area contributed by atoms with Crippen LogP contribution in [0.25, 0.3) is 0 Å². The fourth-order valence-electron chi connectivity index (χ4n) is 3.82. The van der Waals surface area contributed by atoms with Gasteiger partial charge in [-0.3, -0.25) is 0 Å². The molecule has 0 spiro atoms. The van der Waals surface area contributed by atoms with Gasteiger partial charge in [0.15, 0.2) is 6.29 Å². The van der Waals surface area contributed by atoms with Gasteiger partial charge in [-0.25, -0.2) is 0 Å². The highest BCUT2D eigenvalue weighted by molar-refractivity contribution is 5.50. The van der Waals surface area contributed by atoms with Gasteiger partial charge in [0.25, 0.3) is 0 Å². The Hall–Kier alpha value is -0.670. The van der Waals surface area contributed by atoms with Gasteiger partial charge in [0.2, 0.25) is 0 Å². The monoisotopic (exact) mass is 394 g/mol. The number of ether oxygens (including phenoxy) is 2. The van der Waals surface area contributed by atoms with E-state index in [9.17, 15) is 4.79 Å². The first-order valence-corrected chi connectivity index (χ1v) is 12.2. The molecule has 164 valence electrons. The largest absolute Gasteiger partial charge is 0.353 e. The van der Waals surface area contributed by atoms with Crippen molar-refractivity contribution in [3.63, 3.8) is 0 Å². The number of hydrogen-bond donors (Lipinski definition) is 0. The molecule has 3 heteroatoms. The molecule has 1 unspecified atom stereocenters. The lowest BCUT2D eigenvalue weighted by Gasteiger charge is -2.27. The second-order valence-corrected chi connectivity index (χ2v) is 8.33. The lowest BCUT2D eigenvalue weighted by atomic mass is 10.0. The van der Waals surface area contributed by atoms with Crippen LogP contribution in [-0.2, 0) is 14.3 Å². The maximum atomic E-state index is 10.9. The lowest BCUT2D eigenvalue weighted by molar-refractivity contribution is -0.190. The Morgan fingerprint density at radius 2 is 1.54 bits per heavy atom. The number of aldehydes is 1. The summed E-state index contributed by atoms with van der Waals surface area (Å²) in [6, 6.07) is 0. The van der Waals surface area contributed by atoms with Crippen LogP contribution in [0.2, 0.25) is 0 Å². The average Bonchev–Trinajstić information content (AvgIpc) is 2.71. The summed E-state index contributed by atoms with van der Waals surface area (Å²) in [4.78, 5) is 10.9. The predicted molar refractivity (Wildman–Crippen MR) is 119 cm³/mol. The fourth-order valence-corrected chi connectivity index (χ4v) is 3.82. The van der Waals surface area contributed by atoms with E-state index < -0.39 is 0 Å². The third-order valence-corrected chi connectivity index (χ3v) is 5.63. The van der Waals surface area contributed by atoms with Crippen LogP contribution in [0.3, 0.4) is 0 Å². The fraction of sp³-hybridized carbons (Fsp3) is 0.880. The third kappa shape index (κ3) is 15.3. The first-order chi connectivity index (χ1) is 13.9. The van der Waals surface area contributed by atoms with E-state index in [1.807, 2.05) is 0 Å². The van der Waals surface area contributed by atoms with Crippen molar-refractivity contribution in [2.75, 3.05) is 6.61 Å². The highest BCUT2D eigenvalue weighted by atomic mass is 16.7. The first kappa shape index (κ1) is 25.4. The van der Waals surface area contributed by atoms with Gasteiger partial charge < -0.3 is 14.3 Å². The Labute approximate surface area is 174 Å². The minimum absolute atomic E-state index is 0.0468. The van der Waals surface area contributed by atoms with Crippen LogP contribution in [-0.4, -0.2) is 25.3 Å². The quantitative estimate of drug-likeness (QED) is 0.129. The highest BCUT2D eigenvalue weighted by Crippen LogP contribution is 2.19. The molecule has 1 saturated heterocycles. The lowest BCUT2D eigenvalue weighted by Crippen LogP contribution is -2.28. The molecule has 0 saturated carbocycles. The van der Waals surface area contributed by atoms with Crippen LogP contribution in [0.5, 0.6) is 0 Å². The van der Waals surface area contributed by atoms with Gasteiger partial charge in [-0.05, 0) is 51.4 Å². The molecule has 28 heavy (non-hydrogen) atoms. The standard InChI is InChI=1S/C25H46O3/c1-2-3-4-5-6-7-8-9-10-11-12-13-14-15-16-19-24(21-22-26)28-25-20-17-18-23-27-25/h9-10,22,24-25H,2-8,11-21,23H2,1H3/b10-9-/t24-,25?/m1/s1. The van der Waals surface area contributed by atoms with Crippen molar-refractivity contribution < 1.29 is 14.3 Å². The van der Waals surface area contributed by atoms with Gasteiger partial charge in [0.1, 0.15) is 6.29 Å². The molecule has 1 aliphatic heterocycles. The molecule has 0 aromatic rings. The Morgan fingerprint density at radius 1 is 0.893 bits per heavy atom. The zero-order chi connectivity index (χ0) is 20.1. The Bertz CT molecular complexity index is 361. The van der Waals surface area contributed by atoms with Crippen LogP contribution >= 0.6 is 0 Å². The highest BCUT2D eigenvalue weighted by Gasteiger charge is 2.19. The van der Waals surface area contributed by atoms with E-state index >= 15 is 0 Å². The van der Waals surface area contributed by atoms with E-state index in [0.717, 1.165) is 38.6 Å². The number of carbonyl (C=O) groups is 1. The summed E-state index contributed by atoms with van der Waals surface area (Å²) in [5, 5.41) is 0. The molecule has 0 aromatic carbocycles. The molecular weight excluding hydrogens is 348 g/mol. The SMILES string of the molecule is CCCCCCCC/C=C\CCCCCCC[C@H](CC=O)OC1CCCCO1. The Kier molecular flexibility index (Phi) is 17.8.